The van der Waals surface area contributed by atoms with E-state index in [1.807, 2.05) is 13.8 Å². The number of carbonyl (C=O) groups is 1. The van der Waals surface area contributed by atoms with E-state index in [1.165, 1.54) is 56.9 Å². The first-order valence-electron chi connectivity index (χ1n) is 16.9. The zero-order chi connectivity index (χ0) is 35.7. The van der Waals surface area contributed by atoms with E-state index >= 15 is 0 Å². The quantitative estimate of drug-likeness (QED) is 0.0987. The number of phenols is 1. The second kappa shape index (κ2) is 23.0. The predicted molar refractivity (Wildman–Crippen MR) is 176 cm³/mol. The number of aliphatic hydroxyl groups excluding tert-OH is 3. The molecule has 14 heteroatoms. The summed E-state index contributed by atoms with van der Waals surface area (Å²) in [4.78, 5) is 31.4. The van der Waals surface area contributed by atoms with Crippen LogP contribution in [0.15, 0.2) is 11.5 Å². The summed E-state index contributed by atoms with van der Waals surface area (Å²) in [5, 5.41) is 37.1. The number of hydrogen-bond donors (Lipinski definition) is 4. The van der Waals surface area contributed by atoms with Gasteiger partial charge in [-0.3, -0.25) is 0 Å². The van der Waals surface area contributed by atoms with Gasteiger partial charge in [0, 0.05) is 5.56 Å². The van der Waals surface area contributed by atoms with Crippen LogP contribution in [0.2, 0.25) is 0 Å². The molecule has 1 aromatic carbocycles. The molecule has 0 saturated heterocycles. The van der Waals surface area contributed by atoms with E-state index in [0.29, 0.717) is 5.75 Å². The number of aromatic hydroxyl groups is 1. The van der Waals surface area contributed by atoms with Gasteiger partial charge in [-0.1, -0.05) is 72.6 Å². The second-order valence-electron chi connectivity index (χ2n) is 14.3. The third-order valence-electron chi connectivity index (χ3n) is 9.53. The summed E-state index contributed by atoms with van der Waals surface area (Å²) in [7, 11) is -5.51. The number of phenolic OH excluding ortho intramolecular Hbond substituents is 1. The zero-order valence-corrected chi connectivity index (χ0v) is 38.6. The van der Waals surface area contributed by atoms with Gasteiger partial charge in [-0.05, 0) is 87.8 Å². The van der Waals surface area contributed by atoms with Gasteiger partial charge in [-0.2, -0.15) is 0 Å². The molecule has 0 spiro atoms. The molecular weight excluding hydrogens is 706 g/mol. The number of benzene rings is 1. The maximum absolute atomic E-state index is 10.8. The standard InChI is InChI=1S/C29H50O2.C6H9O9P.2K/c1-20(2)12-9-13-21(3)14-10-15-22(4)16-11-18-29(8)19-17-26-25(7)27(30)23(5)24(6)28(26)31-29;7-1-2(8)4-5(15-16(11,12)13)3(9)6(10)14-4;;/h20-22,30H,9-19H2,1-8H3;2,4,7-9H,1H2,(H2,11,12,13);;/q;;2*+1/p-2/t21-,22-,29-;2-,4+;;/m10../s1. The number of phosphoric acid groups is 1. The Morgan fingerprint density at radius 1 is 0.918 bits per heavy atom. The molecule has 3 rings (SSSR count). The Bertz CT molecular complexity index is 1280. The Balaban J connectivity index is 0.00000109. The van der Waals surface area contributed by atoms with Crippen molar-refractivity contribution < 1.29 is 156 Å². The average Bonchev–Trinajstić information content (AvgIpc) is 3.26. The van der Waals surface area contributed by atoms with Crippen LogP contribution < -0.4 is 117 Å². The fourth-order valence-electron chi connectivity index (χ4n) is 6.30. The number of aliphatic hydroxyl groups is 3. The summed E-state index contributed by atoms with van der Waals surface area (Å²) >= 11 is 0. The van der Waals surface area contributed by atoms with Gasteiger partial charge in [-0.25, -0.2) is 4.79 Å². The molecule has 0 aromatic heterocycles. The summed E-state index contributed by atoms with van der Waals surface area (Å²) in [6.45, 7) is 17.1. The van der Waals surface area contributed by atoms with Crippen molar-refractivity contribution in [3.05, 3.63) is 33.8 Å². The molecule has 0 aliphatic carbocycles. The van der Waals surface area contributed by atoms with E-state index in [-0.39, 0.29) is 108 Å². The molecule has 2 aliphatic rings. The van der Waals surface area contributed by atoms with Gasteiger partial charge in [0.2, 0.25) is 5.76 Å². The van der Waals surface area contributed by atoms with E-state index in [1.54, 1.807) is 0 Å². The first kappa shape index (κ1) is 50.0. The zero-order valence-electron chi connectivity index (χ0n) is 31.5. The normalized spacial score (nSPS) is 20.5. The SMILES string of the molecule is Cc1c(C)c2c(c(C)c1O)CC[C@@](C)(CCC[C@H](C)CCC[C@H](C)CCCC(C)C)O2.O=C1O[C@H]([C@@H](O)CO)C(OP(=O)([O-])[O-])=C1O.[K+].[K+]. The summed E-state index contributed by atoms with van der Waals surface area (Å²) in [5.74, 6) is 0.415. The molecule has 5 atom stereocenters. The van der Waals surface area contributed by atoms with E-state index in [2.05, 4.69) is 50.8 Å². The predicted octanol–water partition coefficient (Wildman–Crippen LogP) is -0.272. The number of cyclic esters (lactones) is 1. The van der Waals surface area contributed by atoms with Crippen molar-refractivity contribution in [2.45, 2.75) is 144 Å². The number of ether oxygens (including phenoxy) is 2. The Hall–Kier alpha value is 0.973. The van der Waals surface area contributed by atoms with Crippen LogP contribution in [-0.2, 0) is 25.0 Å². The molecule has 0 saturated carbocycles. The second-order valence-corrected chi connectivity index (χ2v) is 15.3. The molecule has 2 aliphatic heterocycles. The molecule has 0 bridgehead atoms. The monoisotopic (exact) mass is 762 g/mol. The van der Waals surface area contributed by atoms with Crippen molar-refractivity contribution in [1.29, 1.82) is 0 Å². The molecule has 0 fully saturated rings. The van der Waals surface area contributed by atoms with Crippen LogP contribution in [0.25, 0.3) is 0 Å². The van der Waals surface area contributed by atoms with Crippen LogP contribution in [0.4, 0.5) is 0 Å². The van der Waals surface area contributed by atoms with Crippen molar-refractivity contribution in [3.63, 3.8) is 0 Å². The molecule has 0 unspecified atom stereocenters. The molecule has 11 nitrogen and oxygen atoms in total. The molecule has 4 N–H and O–H groups in total. The minimum Gasteiger partial charge on any atom is -0.780 e. The Kier molecular flexibility index (Phi) is 23.5. The van der Waals surface area contributed by atoms with Crippen molar-refractivity contribution >= 4 is 13.8 Å². The first-order chi connectivity index (χ1) is 21.8. The number of esters is 1. The molecule has 2 heterocycles. The number of rotatable bonds is 16. The minimum absolute atomic E-state index is 0. The number of hydrogen-bond acceptors (Lipinski definition) is 11. The fourth-order valence-corrected chi connectivity index (χ4v) is 6.73. The molecule has 0 radical (unpaired) electrons. The molecular formula is C35H57K2O11P. The maximum atomic E-state index is 10.8. The van der Waals surface area contributed by atoms with E-state index in [9.17, 15) is 24.3 Å². The van der Waals surface area contributed by atoms with E-state index in [0.717, 1.165) is 59.5 Å². The van der Waals surface area contributed by atoms with Crippen LogP contribution in [0.5, 0.6) is 11.5 Å². The van der Waals surface area contributed by atoms with Gasteiger partial charge in [-0.15, -0.1) is 0 Å². The molecule has 49 heavy (non-hydrogen) atoms. The topological polar surface area (TPSA) is 189 Å². The van der Waals surface area contributed by atoms with Crippen molar-refractivity contribution in [2.75, 3.05) is 6.61 Å². The molecule has 270 valence electrons. The third kappa shape index (κ3) is 16.1. The van der Waals surface area contributed by atoms with Gasteiger partial charge in [0.05, 0.1) is 6.61 Å². The first-order valence-corrected chi connectivity index (χ1v) is 18.4. The summed E-state index contributed by atoms with van der Waals surface area (Å²) in [6, 6.07) is 0. The van der Waals surface area contributed by atoms with Gasteiger partial charge < -0.3 is 48.8 Å². The smallest absolute Gasteiger partial charge is 0.780 e. The van der Waals surface area contributed by atoms with Crippen LogP contribution in [0, 0.1) is 38.5 Å². The van der Waals surface area contributed by atoms with Crippen LogP contribution in [0.3, 0.4) is 0 Å². The average molecular weight is 763 g/mol. The Labute approximate surface area is 378 Å². The Morgan fingerprint density at radius 2 is 1.45 bits per heavy atom. The van der Waals surface area contributed by atoms with Crippen molar-refractivity contribution in [3.8, 4) is 11.5 Å². The van der Waals surface area contributed by atoms with E-state index < -0.39 is 44.1 Å². The van der Waals surface area contributed by atoms with Crippen molar-refractivity contribution in [1.82, 2.24) is 0 Å². The number of fused-ring (bicyclic) bond motifs is 1. The van der Waals surface area contributed by atoms with Gasteiger partial charge in [0.15, 0.2) is 11.9 Å². The number of carbonyl (C=O) groups excluding carboxylic acids is 1. The van der Waals surface area contributed by atoms with Gasteiger partial charge in [0.1, 0.15) is 31.0 Å². The molecule has 0 amide bonds. The van der Waals surface area contributed by atoms with Crippen LogP contribution >= 0.6 is 7.82 Å². The minimum atomic E-state index is -5.51. The summed E-state index contributed by atoms with van der Waals surface area (Å²) in [6.07, 6.45) is 10.6. The molecule has 1 aromatic rings. The summed E-state index contributed by atoms with van der Waals surface area (Å²) < 4.78 is 25.0. The van der Waals surface area contributed by atoms with E-state index in [4.69, 9.17) is 20.1 Å². The largest absolute Gasteiger partial charge is 1.00 e. The van der Waals surface area contributed by atoms with Gasteiger partial charge in [0.25, 0.3) is 0 Å². The van der Waals surface area contributed by atoms with Crippen LogP contribution in [0.1, 0.15) is 121 Å². The Morgan fingerprint density at radius 3 is 1.96 bits per heavy atom. The third-order valence-corrected chi connectivity index (χ3v) is 9.95. The van der Waals surface area contributed by atoms with Gasteiger partial charge >= 0.3 is 109 Å². The van der Waals surface area contributed by atoms with Crippen LogP contribution in [-0.4, -0.2) is 50.8 Å². The van der Waals surface area contributed by atoms with Crippen molar-refractivity contribution in [2.24, 2.45) is 17.8 Å². The fraction of sp³-hybridized carbons (Fsp3) is 0.743. The number of phosphoric ester groups is 1. The summed E-state index contributed by atoms with van der Waals surface area (Å²) in [5.41, 5.74) is 4.23. The maximum Gasteiger partial charge on any atom is 1.00 e.